The van der Waals surface area contributed by atoms with Crippen molar-refractivity contribution in [2.45, 2.75) is 51.4 Å². The molecule has 2 aromatic carbocycles. The average Bonchev–Trinajstić information content (AvgIpc) is 3.53. The second-order valence-corrected chi connectivity index (χ2v) is 10.4. The molecular weight excluding hydrogens is 469 g/mol. The Kier molecular flexibility index (Phi) is 6.24. The molecule has 2 N–H and O–H groups in total. The van der Waals surface area contributed by atoms with Gasteiger partial charge in [-0.25, -0.2) is 9.82 Å². The smallest absolute Gasteiger partial charge is 0.223 e. The molecule has 2 aromatic rings. The van der Waals surface area contributed by atoms with E-state index in [-0.39, 0.29) is 30.0 Å². The highest BCUT2D eigenvalue weighted by atomic mass is 19.1. The molecule has 9 heteroatoms. The Morgan fingerprint density at radius 2 is 1.86 bits per heavy atom. The number of nitrogens with one attached hydrogen (secondary N) is 2. The minimum absolute atomic E-state index is 0.0449. The van der Waals surface area contributed by atoms with Crippen molar-refractivity contribution in [3.8, 4) is 0 Å². The maximum Gasteiger partial charge on any atom is 0.223 e. The first-order valence-corrected chi connectivity index (χ1v) is 13.2. The second-order valence-electron chi connectivity index (χ2n) is 10.4. The van der Waals surface area contributed by atoms with Crippen LogP contribution in [0.1, 0.15) is 42.0 Å². The van der Waals surface area contributed by atoms with Gasteiger partial charge in [0, 0.05) is 51.4 Å². The summed E-state index contributed by atoms with van der Waals surface area (Å²) in [7, 11) is 0. The van der Waals surface area contributed by atoms with Crippen LogP contribution in [0.4, 0.5) is 10.1 Å². The summed E-state index contributed by atoms with van der Waals surface area (Å²) in [4.78, 5) is 19.0. The zero-order chi connectivity index (χ0) is 25.5. The number of anilines is 1. The molecule has 4 aliphatic heterocycles. The summed E-state index contributed by atoms with van der Waals surface area (Å²) in [6.07, 6.45) is 6.14. The summed E-state index contributed by atoms with van der Waals surface area (Å²) in [5, 5.41) is 6.80. The van der Waals surface area contributed by atoms with Gasteiger partial charge in [0.2, 0.25) is 5.91 Å². The molecule has 3 atom stereocenters. The predicted octanol–water partition coefficient (Wildman–Crippen LogP) is 3.22. The van der Waals surface area contributed by atoms with Gasteiger partial charge < -0.3 is 19.7 Å². The number of hydrogen-bond acceptors (Lipinski definition) is 7. The van der Waals surface area contributed by atoms with Gasteiger partial charge in [0.1, 0.15) is 17.8 Å². The van der Waals surface area contributed by atoms with Gasteiger partial charge in [0.25, 0.3) is 0 Å². The van der Waals surface area contributed by atoms with Gasteiger partial charge in [0.05, 0.1) is 17.8 Å². The first-order valence-electron chi connectivity index (χ1n) is 13.2. The largest absolute Gasteiger partial charge is 0.366 e. The van der Waals surface area contributed by atoms with Crippen LogP contribution in [0.2, 0.25) is 0 Å². The van der Waals surface area contributed by atoms with E-state index in [2.05, 4.69) is 64.1 Å². The average molecular weight is 504 g/mol. The Morgan fingerprint density at radius 1 is 1.05 bits per heavy atom. The van der Waals surface area contributed by atoms with Crippen LogP contribution in [0.15, 0.2) is 60.0 Å². The van der Waals surface area contributed by atoms with Crippen LogP contribution < -0.4 is 15.8 Å². The van der Waals surface area contributed by atoms with E-state index in [0.29, 0.717) is 44.7 Å². The first-order chi connectivity index (χ1) is 18.0. The van der Waals surface area contributed by atoms with Gasteiger partial charge in [-0.3, -0.25) is 10.2 Å². The lowest BCUT2D eigenvalue weighted by Crippen LogP contribution is -2.54. The number of amides is 1. The number of hydrazine groups is 1. The molecule has 37 heavy (non-hydrogen) atoms. The van der Waals surface area contributed by atoms with Crippen molar-refractivity contribution in [2.24, 2.45) is 5.10 Å². The number of para-hydroxylation sites is 1. The Morgan fingerprint density at radius 3 is 2.65 bits per heavy atom. The van der Waals surface area contributed by atoms with E-state index < -0.39 is 0 Å². The van der Waals surface area contributed by atoms with Crippen LogP contribution in [0, 0.1) is 19.7 Å². The summed E-state index contributed by atoms with van der Waals surface area (Å²) in [6, 6.07) is 14.0. The zero-order valence-corrected chi connectivity index (χ0v) is 21.4. The van der Waals surface area contributed by atoms with Crippen molar-refractivity contribution in [3.05, 3.63) is 77.4 Å². The highest BCUT2D eigenvalue weighted by Gasteiger charge is 2.44. The standard InChI is InChI=1S/C28H34FN7O/c1-19-7-8-21(17-20(19)2)23-18-25-28-31-30-26(35(28)15-16-36(25)32-23)9-10-27(37)34-13-11-33(12-14-34)24-6-4-3-5-22(24)29/h3-8,15-17,23,25,28,31-32H,9-14,18H2,1-2H3. The van der Waals surface area contributed by atoms with Gasteiger partial charge in [-0.05, 0) is 49.1 Å². The maximum atomic E-state index is 14.1. The van der Waals surface area contributed by atoms with Gasteiger partial charge >= 0.3 is 0 Å². The van der Waals surface area contributed by atoms with E-state index in [1.54, 1.807) is 12.1 Å². The van der Waals surface area contributed by atoms with Crippen LogP contribution >= 0.6 is 0 Å². The lowest BCUT2D eigenvalue weighted by Gasteiger charge is -2.37. The maximum absolute atomic E-state index is 14.1. The molecule has 6 rings (SSSR count). The quantitative estimate of drug-likeness (QED) is 0.653. The molecular formula is C28H34FN7O. The molecule has 2 saturated heterocycles. The zero-order valence-electron chi connectivity index (χ0n) is 21.4. The van der Waals surface area contributed by atoms with E-state index in [1.165, 1.54) is 22.8 Å². The summed E-state index contributed by atoms with van der Waals surface area (Å²) in [5.41, 5.74) is 11.5. The molecule has 3 unspecified atom stereocenters. The molecule has 0 aliphatic carbocycles. The SMILES string of the molecule is Cc1ccc(C2CC3C4NN=C(CCC(=O)N5CCN(c6ccccc6F)CC5)N4C=CN3N2)cc1C. The van der Waals surface area contributed by atoms with Crippen LogP contribution in [0.25, 0.3) is 0 Å². The van der Waals surface area contributed by atoms with E-state index in [1.807, 2.05) is 22.1 Å². The molecule has 1 amide bonds. The van der Waals surface area contributed by atoms with Crippen molar-refractivity contribution >= 4 is 17.4 Å². The number of nitrogens with zero attached hydrogens (tertiary/aromatic N) is 5. The summed E-state index contributed by atoms with van der Waals surface area (Å²) in [6.45, 7) is 6.78. The predicted molar refractivity (Wildman–Crippen MR) is 142 cm³/mol. The summed E-state index contributed by atoms with van der Waals surface area (Å²) < 4.78 is 14.1. The number of benzene rings is 2. The summed E-state index contributed by atoms with van der Waals surface area (Å²) in [5.74, 6) is 0.808. The van der Waals surface area contributed by atoms with Gasteiger partial charge in [-0.2, -0.15) is 5.10 Å². The van der Waals surface area contributed by atoms with Crippen molar-refractivity contribution < 1.29 is 9.18 Å². The molecule has 0 radical (unpaired) electrons. The third-order valence-corrected chi connectivity index (χ3v) is 8.14. The number of carbonyl (C=O) groups is 1. The molecule has 0 spiro atoms. The number of aryl methyl sites for hydroxylation is 2. The third-order valence-electron chi connectivity index (χ3n) is 8.14. The minimum atomic E-state index is -0.213. The monoisotopic (exact) mass is 503 g/mol. The number of carbonyl (C=O) groups excluding carboxylic acids is 1. The normalized spacial score (nSPS) is 24.6. The second kappa shape index (κ2) is 9.70. The molecule has 8 nitrogen and oxygen atoms in total. The topological polar surface area (TPSA) is 66.5 Å². The van der Waals surface area contributed by atoms with Crippen LogP contribution in [-0.2, 0) is 4.79 Å². The van der Waals surface area contributed by atoms with Crippen molar-refractivity contribution in [3.63, 3.8) is 0 Å². The van der Waals surface area contributed by atoms with Crippen molar-refractivity contribution in [2.75, 3.05) is 31.1 Å². The Balaban J connectivity index is 1.02. The number of rotatable bonds is 5. The molecule has 0 aromatic heterocycles. The molecule has 194 valence electrons. The molecule has 4 aliphatic rings. The third kappa shape index (κ3) is 4.52. The highest BCUT2D eigenvalue weighted by molar-refractivity contribution is 5.89. The van der Waals surface area contributed by atoms with Gasteiger partial charge in [0.15, 0.2) is 0 Å². The van der Waals surface area contributed by atoms with E-state index in [9.17, 15) is 9.18 Å². The fraction of sp³-hybridized carbons (Fsp3) is 0.429. The Labute approximate surface area is 217 Å². The number of fused-ring (bicyclic) bond motifs is 3. The number of amidine groups is 1. The van der Waals surface area contributed by atoms with E-state index in [4.69, 9.17) is 0 Å². The number of hydrogen-bond donors (Lipinski definition) is 2. The first kappa shape index (κ1) is 23.8. The van der Waals surface area contributed by atoms with Gasteiger partial charge in [-0.15, -0.1) is 0 Å². The lowest BCUT2D eigenvalue weighted by molar-refractivity contribution is -0.131. The van der Waals surface area contributed by atoms with Gasteiger partial charge in [-0.1, -0.05) is 30.3 Å². The minimum Gasteiger partial charge on any atom is -0.366 e. The number of piperazine rings is 1. The van der Waals surface area contributed by atoms with Crippen LogP contribution in [0.3, 0.4) is 0 Å². The van der Waals surface area contributed by atoms with Crippen LogP contribution in [0.5, 0.6) is 0 Å². The van der Waals surface area contributed by atoms with E-state index in [0.717, 1.165) is 12.3 Å². The highest BCUT2D eigenvalue weighted by Crippen LogP contribution is 2.35. The number of halogens is 1. The van der Waals surface area contributed by atoms with Crippen molar-refractivity contribution in [1.29, 1.82) is 0 Å². The van der Waals surface area contributed by atoms with Crippen molar-refractivity contribution in [1.82, 2.24) is 25.7 Å². The lowest BCUT2D eigenvalue weighted by atomic mass is 9.97. The number of hydrazone groups is 1. The Hall–Kier alpha value is -3.59. The summed E-state index contributed by atoms with van der Waals surface area (Å²) >= 11 is 0. The fourth-order valence-corrected chi connectivity index (χ4v) is 5.79. The van der Waals surface area contributed by atoms with E-state index >= 15 is 0 Å². The van der Waals surface area contributed by atoms with Crippen LogP contribution in [-0.4, -0.2) is 64.9 Å². The molecule has 4 heterocycles. The fourth-order valence-electron chi connectivity index (χ4n) is 5.79. The molecule has 0 saturated carbocycles. The molecule has 0 bridgehead atoms. The molecule has 2 fully saturated rings. The Bertz CT molecular complexity index is 1240.